The van der Waals surface area contributed by atoms with Crippen LogP contribution >= 0.6 is 11.3 Å². The molecule has 2 aromatic heterocycles. The summed E-state index contributed by atoms with van der Waals surface area (Å²) in [5.74, 6) is 1.23. The minimum Gasteiger partial charge on any atom is -0.444 e. The van der Waals surface area contributed by atoms with Gasteiger partial charge in [-0.1, -0.05) is 24.3 Å². The number of benzene rings is 1. The van der Waals surface area contributed by atoms with E-state index in [4.69, 9.17) is 4.74 Å². The number of fused-ring (bicyclic) bond motifs is 1. The van der Waals surface area contributed by atoms with Gasteiger partial charge in [0.25, 0.3) is 0 Å². The summed E-state index contributed by atoms with van der Waals surface area (Å²) in [6.45, 7) is 9.21. The van der Waals surface area contributed by atoms with E-state index in [0.717, 1.165) is 16.0 Å². The van der Waals surface area contributed by atoms with Crippen LogP contribution in [0.3, 0.4) is 0 Å². The van der Waals surface area contributed by atoms with Crippen LogP contribution in [0.2, 0.25) is 0 Å². The van der Waals surface area contributed by atoms with Gasteiger partial charge in [-0.3, -0.25) is 0 Å². The van der Waals surface area contributed by atoms with Gasteiger partial charge in [0, 0.05) is 25.0 Å². The van der Waals surface area contributed by atoms with Crippen LogP contribution in [0.1, 0.15) is 50.8 Å². The Labute approximate surface area is 174 Å². The molecule has 0 spiro atoms. The van der Waals surface area contributed by atoms with Crippen molar-refractivity contribution in [3.05, 3.63) is 53.2 Å². The van der Waals surface area contributed by atoms with Gasteiger partial charge >= 0.3 is 6.09 Å². The average Bonchev–Trinajstić information content (AvgIpc) is 3.09. The Hall–Kier alpha value is -2.67. The van der Waals surface area contributed by atoms with Gasteiger partial charge in [0.1, 0.15) is 22.6 Å². The van der Waals surface area contributed by atoms with Crippen molar-refractivity contribution in [2.24, 2.45) is 0 Å². The first kappa shape index (κ1) is 19.6. The summed E-state index contributed by atoms with van der Waals surface area (Å²) in [5.41, 5.74) is 1.99. The molecule has 4 rings (SSSR count). The molecule has 152 valence electrons. The highest BCUT2D eigenvalue weighted by atomic mass is 32.1. The number of anilines is 1. The number of rotatable bonds is 4. The normalized spacial score (nSPS) is 15.8. The highest BCUT2D eigenvalue weighted by Gasteiger charge is 2.34. The van der Waals surface area contributed by atoms with Gasteiger partial charge in [-0.15, -0.1) is 11.3 Å². The number of likely N-dealkylation sites (tertiary alicyclic amines) is 1. The summed E-state index contributed by atoms with van der Waals surface area (Å²) in [6, 6.07) is 10.8. The van der Waals surface area contributed by atoms with E-state index in [1.165, 1.54) is 11.1 Å². The number of carbonyl (C=O) groups excluding carboxylic acids is 1. The van der Waals surface area contributed by atoms with Crippen molar-refractivity contribution in [2.75, 3.05) is 18.4 Å². The van der Waals surface area contributed by atoms with Gasteiger partial charge in [-0.05, 0) is 50.3 Å². The maximum atomic E-state index is 12.1. The minimum atomic E-state index is -0.453. The lowest BCUT2D eigenvalue weighted by atomic mass is 9.90. The zero-order valence-corrected chi connectivity index (χ0v) is 18.0. The van der Waals surface area contributed by atoms with Crippen LogP contribution in [0, 0.1) is 0 Å². The molecule has 0 radical (unpaired) electrons. The third-order valence-corrected chi connectivity index (χ3v) is 5.88. The van der Waals surface area contributed by atoms with E-state index in [9.17, 15) is 4.79 Å². The van der Waals surface area contributed by atoms with Crippen molar-refractivity contribution in [3.63, 3.8) is 0 Å². The molecule has 6 nitrogen and oxygen atoms in total. The number of amides is 1. The molecule has 3 aromatic rings. The molecule has 0 unspecified atom stereocenters. The maximum absolute atomic E-state index is 12.1. The van der Waals surface area contributed by atoms with Crippen molar-refractivity contribution in [1.82, 2.24) is 14.9 Å². The van der Waals surface area contributed by atoms with E-state index in [0.29, 0.717) is 19.0 Å². The fraction of sp³-hybridized carbons (Fsp3) is 0.409. The number of thiophene rings is 1. The van der Waals surface area contributed by atoms with E-state index < -0.39 is 5.60 Å². The molecule has 1 saturated heterocycles. The van der Waals surface area contributed by atoms with Crippen molar-refractivity contribution < 1.29 is 9.53 Å². The highest BCUT2D eigenvalue weighted by Crippen LogP contribution is 2.31. The zero-order chi connectivity index (χ0) is 20.6. The molecular formula is C22H26N4O2S. The number of nitrogens with zero attached hydrogens (tertiary/aromatic N) is 3. The van der Waals surface area contributed by atoms with Crippen molar-refractivity contribution in [3.8, 4) is 0 Å². The standard InChI is InChI=1S/C22H26N4O2S/c1-14(25-19-18-9-10-29-20(18)24-13-23-19)15-5-7-16(8-6-15)17-11-26(12-17)21(27)28-22(2,3)4/h5-10,13-14,17H,11-12H2,1-4H3,(H,23,24,25)/t14-/m0/s1. The van der Waals surface area contributed by atoms with Crippen LogP contribution in [-0.2, 0) is 4.74 Å². The van der Waals surface area contributed by atoms with E-state index in [1.807, 2.05) is 32.2 Å². The summed E-state index contributed by atoms with van der Waals surface area (Å²) < 4.78 is 5.43. The number of nitrogens with one attached hydrogen (secondary N) is 1. The number of hydrogen-bond acceptors (Lipinski definition) is 6. The summed E-state index contributed by atoms with van der Waals surface area (Å²) in [4.78, 5) is 23.5. The van der Waals surface area contributed by atoms with Crippen LogP contribution in [0.15, 0.2) is 42.0 Å². The van der Waals surface area contributed by atoms with Gasteiger partial charge < -0.3 is 15.0 Å². The second kappa shape index (κ2) is 7.63. The molecular weight excluding hydrogens is 384 g/mol. The Morgan fingerprint density at radius 1 is 1.21 bits per heavy atom. The SMILES string of the molecule is C[C@H](Nc1ncnc2sccc12)c1ccc(C2CN(C(=O)OC(C)(C)C)C2)cc1. The molecule has 1 aliphatic rings. The first-order valence-electron chi connectivity index (χ1n) is 9.83. The fourth-order valence-corrected chi connectivity index (χ4v) is 4.15. The topological polar surface area (TPSA) is 67.4 Å². The Bertz CT molecular complexity index is 1000. The first-order valence-corrected chi connectivity index (χ1v) is 10.7. The van der Waals surface area contributed by atoms with Gasteiger partial charge in [0.2, 0.25) is 0 Å². The Balaban J connectivity index is 1.36. The third kappa shape index (κ3) is 4.34. The molecule has 1 amide bonds. The molecule has 29 heavy (non-hydrogen) atoms. The van der Waals surface area contributed by atoms with Crippen molar-refractivity contribution >= 4 is 33.5 Å². The largest absolute Gasteiger partial charge is 0.444 e. The second-order valence-corrected chi connectivity index (χ2v) is 9.37. The molecule has 7 heteroatoms. The Morgan fingerprint density at radius 3 is 2.62 bits per heavy atom. The molecule has 1 aromatic carbocycles. The molecule has 0 saturated carbocycles. The number of ether oxygens (including phenoxy) is 1. The number of carbonyl (C=O) groups is 1. The predicted molar refractivity (Wildman–Crippen MR) is 116 cm³/mol. The van der Waals surface area contributed by atoms with E-state index in [1.54, 1.807) is 22.6 Å². The first-order chi connectivity index (χ1) is 13.8. The van der Waals surface area contributed by atoms with E-state index in [-0.39, 0.29) is 12.1 Å². The molecule has 1 N–H and O–H groups in total. The van der Waals surface area contributed by atoms with Gasteiger partial charge in [0.05, 0.1) is 5.39 Å². The van der Waals surface area contributed by atoms with Gasteiger partial charge in [-0.2, -0.15) is 0 Å². The van der Waals surface area contributed by atoms with Crippen molar-refractivity contribution in [1.29, 1.82) is 0 Å². The quantitative estimate of drug-likeness (QED) is 0.640. The zero-order valence-electron chi connectivity index (χ0n) is 17.2. The summed E-state index contributed by atoms with van der Waals surface area (Å²) >= 11 is 1.62. The second-order valence-electron chi connectivity index (χ2n) is 8.48. The lowest BCUT2D eigenvalue weighted by Gasteiger charge is -2.40. The molecule has 1 atom stereocenters. The van der Waals surface area contributed by atoms with Gasteiger partial charge in [0.15, 0.2) is 0 Å². The van der Waals surface area contributed by atoms with E-state index in [2.05, 4.69) is 46.5 Å². The van der Waals surface area contributed by atoms with Gasteiger partial charge in [-0.25, -0.2) is 14.8 Å². The predicted octanol–water partition coefficient (Wildman–Crippen LogP) is 5.20. The monoisotopic (exact) mass is 410 g/mol. The Kier molecular flexibility index (Phi) is 5.17. The van der Waals surface area contributed by atoms with Crippen LogP contribution in [0.25, 0.3) is 10.2 Å². The molecule has 0 bridgehead atoms. The summed E-state index contributed by atoms with van der Waals surface area (Å²) in [5, 5.41) is 6.58. The summed E-state index contributed by atoms with van der Waals surface area (Å²) in [7, 11) is 0. The summed E-state index contributed by atoms with van der Waals surface area (Å²) in [6.07, 6.45) is 1.37. The third-order valence-electron chi connectivity index (χ3n) is 5.06. The smallest absolute Gasteiger partial charge is 0.410 e. The fourth-order valence-electron chi connectivity index (χ4n) is 3.42. The molecule has 1 fully saturated rings. The molecule has 3 heterocycles. The number of aromatic nitrogens is 2. The van der Waals surface area contributed by atoms with Crippen LogP contribution in [0.4, 0.5) is 10.6 Å². The lowest BCUT2D eigenvalue weighted by Crippen LogP contribution is -2.50. The average molecular weight is 411 g/mol. The lowest BCUT2D eigenvalue weighted by molar-refractivity contribution is 0.00819. The Morgan fingerprint density at radius 2 is 1.93 bits per heavy atom. The highest BCUT2D eigenvalue weighted by molar-refractivity contribution is 7.16. The molecule has 0 aliphatic carbocycles. The van der Waals surface area contributed by atoms with Crippen molar-refractivity contribution in [2.45, 2.75) is 45.3 Å². The van der Waals surface area contributed by atoms with E-state index >= 15 is 0 Å². The van der Waals surface area contributed by atoms with Crippen LogP contribution in [-0.4, -0.2) is 39.7 Å². The number of hydrogen-bond donors (Lipinski definition) is 1. The van der Waals surface area contributed by atoms with Crippen LogP contribution < -0.4 is 5.32 Å². The minimum absolute atomic E-state index is 0.127. The van der Waals surface area contributed by atoms with Crippen LogP contribution in [0.5, 0.6) is 0 Å². The molecule has 1 aliphatic heterocycles. The maximum Gasteiger partial charge on any atom is 0.410 e.